The number of hydrogen-bond acceptors (Lipinski definition) is 3. The third-order valence-corrected chi connectivity index (χ3v) is 2.84. The summed E-state index contributed by atoms with van der Waals surface area (Å²) in [5.41, 5.74) is 7.31. The molecule has 0 aliphatic heterocycles. The molecule has 19 heavy (non-hydrogen) atoms. The van der Waals surface area contributed by atoms with E-state index in [0.29, 0.717) is 5.56 Å². The molecule has 2 rings (SSSR count). The zero-order chi connectivity index (χ0) is 13.7. The highest BCUT2D eigenvalue weighted by molar-refractivity contribution is 5.97. The molecule has 0 saturated carbocycles. The predicted molar refractivity (Wildman–Crippen MR) is 74.8 cm³/mol. The lowest BCUT2D eigenvalue weighted by Crippen LogP contribution is -2.12. The van der Waals surface area contributed by atoms with Gasteiger partial charge in [0.05, 0.1) is 0 Å². The molecule has 0 radical (unpaired) electrons. The Morgan fingerprint density at radius 1 is 1.16 bits per heavy atom. The van der Waals surface area contributed by atoms with Crippen LogP contribution < -0.4 is 10.5 Å². The van der Waals surface area contributed by atoms with Crippen LogP contribution in [-0.4, -0.2) is 11.0 Å². The minimum atomic E-state index is 0.0838. The van der Waals surface area contributed by atoms with Crippen LogP contribution in [0.4, 0.5) is 0 Å². The van der Waals surface area contributed by atoms with Crippen molar-refractivity contribution in [2.24, 2.45) is 10.9 Å². The van der Waals surface area contributed by atoms with Gasteiger partial charge in [0.15, 0.2) is 5.84 Å². The molecular weight excluding hydrogens is 240 g/mol. The van der Waals surface area contributed by atoms with Gasteiger partial charge < -0.3 is 15.7 Å². The molecule has 0 heterocycles. The summed E-state index contributed by atoms with van der Waals surface area (Å²) in [6.45, 7) is 2.09. The van der Waals surface area contributed by atoms with Gasteiger partial charge in [0.1, 0.15) is 11.5 Å². The Kier molecular flexibility index (Phi) is 4.03. The fourth-order valence-corrected chi connectivity index (χ4v) is 1.77. The summed E-state index contributed by atoms with van der Waals surface area (Å²) in [4.78, 5) is 0. The summed E-state index contributed by atoms with van der Waals surface area (Å²) >= 11 is 0. The molecule has 0 aliphatic carbocycles. The van der Waals surface area contributed by atoms with E-state index in [1.807, 2.05) is 24.3 Å². The van der Waals surface area contributed by atoms with Crippen molar-refractivity contribution in [2.45, 2.75) is 13.3 Å². The molecule has 3 N–H and O–H groups in total. The lowest BCUT2D eigenvalue weighted by atomic mass is 10.1. The maximum Gasteiger partial charge on any atom is 0.170 e. The number of oxime groups is 1. The summed E-state index contributed by atoms with van der Waals surface area (Å²) in [6.07, 6.45) is 0.915. The van der Waals surface area contributed by atoms with Gasteiger partial charge in [-0.25, -0.2) is 0 Å². The molecule has 2 aromatic carbocycles. The standard InChI is InChI=1S/C15H16N2O2/c1-2-11-5-3-4-6-14(11)19-13-9-7-12(8-10-13)15(16)17-18/h3-10,18H,2H2,1H3,(H2,16,17). The van der Waals surface area contributed by atoms with Crippen molar-refractivity contribution >= 4 is 5.84 Å². The van der Waals surface area contributed by atoms with E-state index in [1.165, 1.54) is 0 Å². The maximum absolute atomic E-state index is 8.59. The summed E-state index contributed by atoms with van der Waals surface area (Å²) < 4.78 is 5.83. The Morgan fingerprint density at radius 2 is 1.84 bits per heavy atom. The van der Waals surface area contributed by atoms with E-state index in [1.54, 1.807) is 24.3 Å². The van der Waals surface area contributed by atoms with Gasteiger partial charge in [0.25, 0.3) is 0 Å². The van der Waals surface area contributed by atoms with Crippen LogP contribution in [-0.2, 0) is 6.42 Å². The first kappa shape index (κ1) is 13.0. The molecule has 98 valence electrons. The first-order valence-electron chi connectivity index (χ1n) is 6.08. The van der Waals surface area contributed by atoms with Gasteiger partial charge in [-0.15, -0.1) is 0 Å². The second-order valence-electron chi connectivity index (χ2n) is 4.07. The number of nitrogens with zero attached hydrogens (tertiary/aromatic N) is 1. The SMILES string of the molecule is CCc1ccccc1Oc1ccc(/C(N)=N/O)cc1. The van der Waals surface area contributed by atoms with Gasteiger partial charge in [0, 0.05) is 5.56 Å². The van der Waals surface area contributed by atoms with Crippen LogP contribution >= 0.6 is 0 Å². The highest BCUT2D eigenvalue weighted by Crippen LogP contribution is 2.25. The van der Waals surface area contributed by atoms with Gasteiger partial charge in [-0.3, -0.25) is 0 Å². The Bertz CT molecular complexity index is 577. The molecule has 0 atom stereocenters. The van der Waals surface area contributed by atoms with Crippen molar-refractivity contribution in [1.29, 1.82) is 0 Å². The van der Waals surface area contributed by atoms with E-state index in [9.17, 15) is 0 Å². The molecule has 0 spiro atoms. The lowest BCUT2D eigenvalue weighted by molar-refractivity contribution is 0.318. The van der Waals surface area contributed by atoms with Gasteiger partial charge in [-0.05, 0) is 42.3 Å². The zero-order valence-electron chi connectivity index (χ0n) is 10.7. The number of ether oxygens (including phenoxy) is 1. The van der Waals surface area contributed by atoms with E-state index in [2.05, 4.69) is 12.1 Å². The summed E-state index contributed by atoms with van der Waals surface area (Å²) in [5.74, 6) is 1.65. The minimum Gasteiger partial charge on any atom is -0.457 e. The number of aryl methyl sites for hydroxylation is 1. The largest absolute Gasteiger partial charge is 0.457 e. The summed E-state index contributed by atoms with van der Waals surface area (Å²) in [6, 6.07) is 15.0. The van der Waals surface area contributed by atoms with Crippen molar-refractivity contribution in [3.8, 4) is 11.5 Å². The quantitative estimate of drug-likeness (QED) is 0.382. The molecule has 0 aliphatic rings. The first-order chi connectivity index (χ1) is 9.24. The molecule has 0 fully saturated rings. The molecule has 0 unspecified atom stereocenters. The smallest absolute Gasteiger partial charge is 0.170 e. The van der Waals surface area contributed by atoms with Crippen LogP contribution in [0, 0.1) is 0 Å². The van der Waals surface area contributed by atoms with Crippen molar-refractivity contribution < 1.29 is 9.94 Å². The monoisotopic (exact) mass is 256 g/mol. The maximum atomic E-state index is 8.59. The minimum absolute atomic E-state index is 0.0838. The average Bonchev–Trinajstić information content (AvgIpc) is 2.48. The van der Waals surface area contributed by atoms with Crippen LogP contribution in [0.3, 0.4) is 0 Å². The van der Waals surface area contributed by atoms with E-state index >= 15 is 0 Å². The molecule has 4 nitrogen and oxygen atoms in total. The predicted octanol–water partition coefficient (Wildman–Crippen LogP) is 3.14. The Labute approximate surface area is 112 Å². The normalized spacial score (nSPS) is 11.3. The number of amidine groups is 1. The Morgan fingerprint density at radius 3 is 2.47 bits per heavy atom. The van der Waals surface area contributed by atoms with Crippen molar-refractivity contribution in [3.05, 3.63) is 59.7 Å². The van der Waals surface area contributed by atoms with Crippen molar-refractivity contribution in [3.63, 3.8) is 0 Å². The Balaban J connectivity index is 2.20. The zero-order valence-corrected chi connectivity index (χ0v) is 10.7. The van der Waals surface area contributed by atoms with E-state index in [0.717, 1.165) is 23.5 Å². The molecular formula is C15H16N2O2. The van der Waals surface area contributed by atoms with Gasteiger partial charge >= 0.3 is 0 Å². The van der Waals surface area contributed by atoms with Crippen molar-refractivity contribution in [1.82, 2.24) is 0 Å². The first-order valence-corrected chi connectivity index (χ1v) is 6.08. The fraction of sp³-hybridized carbons (Fsp3) is 0.133. The molecule has 0 saturated heterocycles. The van der Waals surface area contributed by atoms with Gasteiger partial charge in [-0.2, -0.15) is 0 Å². The number of hydrogen-bond donors (Lipinski definition) is 2. The topological polar surface area (TPSA) is 67.8 Å². The van der Waals surface area contributed by atoms with Gasteiger partial charge in [0.2, 0.25) is 0 Å². The number of rotatable bonds is 4. The number of para-hydroxylation sites is 1. The van der Waals surface area contributed by atoms with Gasteiger partial charge in [-0.1, -0.05) is 30.3 Å². The van der Waals surface area contributed by atoms with Crippen LogP contribution in [0.15, 0.2) is 53.7 Å². The second kappa shape index (κ2) is 5.91. The highest BCUT2D eigenvalue weighted by atomic mass is 16.5. The van der Waals surface area contributed by atoms with E-state index in [-0.39, 0.29) is 5.84 Å². The molecule has 0 bridgehead atoms. The summed E-state index contributed by atoms with van der Waals surface area (Å²) in [5, 5.41) is 11.5. The van der Waals surface area contributed by atoms with Crippen LogP contribution in [0.1, 0.15) is 18.1 Å². The highest BCUT2D eigenvalue weighted by Gasteiger charge is 2.04. The third kappa shape index (κ3) is 3.04. The fourth-order valence-electron chi connectivity index (χ4n) is 1.77. The third-order valence-electron chi connectivity index (χ3n) is 2.84. The molecule has 0 aromatic heterocycles. The number of nitrogens with two attached hydrogens (primary N) is 1. The average molecular weight is 256 g/mol. The van der Waals surface area contributed by atoms with Crippen LogP contribution in [0.2, 0.25) is 0 Å². The summed E-state index contributed by atoms with van der Waals surface area (Å²) in [7, 11) is 0. The Hall–Kier alpha value is -2.49. The molecule has 0 amide bonds. The van der Waals surface area contributed by atoms with E-state index < -0.39 is 0 Å². The van der Waals surface area contributed by atoms with Crippen molar-refractivity contribution in [2.75, 3.05) is 0 Å². The molecule has 4 heteroatoms. The lowest BCUT2D eigenvalue weighted by Gasteiger charge is -2.10. The number of benzene rings is 2. The molecule has 2 aromatic rings. The van der Waals surface area contributed by atoms with Crippen LogP contribution in [0.25, 0.3) is 0 Å². The second-order valence-corrected chi connectivity index (χ2v) is 4.07. The van der Waals surface area contributed by atoms with E-state index in [4.69, 9.17) is 15.7 Å². The van der Waals surface area contributed by atoms with Crippen LogP contribution in [0.5, 0.6) is 11.5 Å².